The van der Waals surface area contributed by atoms with E-state index in [1.165, 1.54) is 0 Å². The third kappa shape index (κ3) is 2.37. The molecular formula is C13H17F3N2. The van der Waals surface area contributed by atoms with Crippen LogP contribution >= 0.6 is 0 Å². The van der Waals surface area contributed by atoms with Crippen molar-refractivity contribution in [2.24, 2.45) is 11.7 Å². The summed E-state index contributed by atoms with van der Waals surface area (Å²) in [6, 6.07) is 9.48. The van der Waals surface area contributed by atoms with Gasteiger partial charge in [0.2, 0.25) is 0 Å². The topological polar surface area (TPSA) is 29.3 Å². The minimum absolute atomic E-state index is 0.132. The van der Waals surface area contributed by atoms with E-state index in [4.69, 9.17) is 5.73 Å². The molecule has 2 atom stereocenters. The first kappa shape index (κ1) is 13.4. The van der Waals surface area contributed by atoms with Gasteiger partial charge in [0.1, 0.15) is 5.54 Å². The lowest BCUT2D eigenvalue weighted by Crippen LogP contribution is -2.58. The normalized spacial score (nSPS) is 29.7. The van der Waals surface area contributed by atoms with Crippen LogP contribution in [0.4, 0.5) is 13.2 Å². The largest absolute Gasteiger partial charge is 0.407 e. The molecule has 1 aliphatic rings. The summed E-state index contributed by atoms with van der Waals surface area (Å²) in [7, 11) is 0. The van der Waals surface area contributed by atoms with Crippen molar-refractivity contribution in [1.82, 2.24) is 4.90 Å². The first-order valence-corrected chi connectivity index (χ1v) is 5.95. The van der Waals surface area contributed by atoms with E-state index < -0.39 is 17.6 Å². The third-order valence-electron chi connectivity index (χ3n) is 3.67. The summed E-state index contributed by atoms with van der Waals surface area (Å²) >= 11 is 0. The SMILES string of the molecule is C[C@@H]1CN(Cc2ccccc2)C[C@]1(N)C(F)(F)F. The number of rotatable bonds is 2. The second-order valence-electron chi connectivity index (χ2n) is 5.09. The Balaban J connectivity index is 2.08. The van der Waals surface area contributed by atoms with Gasteiger partial charge >= 0.3 is 6.18 Å². The molecule has 0 bridgehead atoms. The molecule has 2 nitrogen and oxygen atoms in total. The molecule has 100 valence electrons. The zero-order chi connectivity index (χ0) is 13.4. The number of nitrogens with two attached hydrogens (primary N) is 1. The number of hydrogen-bond donors (Lipinski definition) is 1. The Labute approximate surface area is 105 Å². The van der Waals surface area contributed by atoms with Gasteiger partial charge in [-0.3, -0.25) is 4.90 Å². The second kappa shape index (κ2) is 4.55. The van der Waals surface area contributed by atoms with E-state index in [0.29, 0.717) is 13.1 Å². The molecule has 0 saturated carbocycles. The van der Waals surface area contributed by atoms with Gasteiger partial charge in [0, 0.05) is 19.6 Å². The minimum atomic E-state index is -4.35. The van der Waals surface area contributed by atoms with Crippen LogP contribution in [-0.4, -0.2) is 29.7 Å². The molecular weight excluding hydrogens is 241 g/mol. The molecule has 0 spiro atoms. The molecule has 0 radical (unpaired) electrons. The van der Waals surface area contributed by atoms with Crippen LogP contribution in [0, 0.1) is 5.92 Å². The fraction of sp³-hybridized carbons (Fsp3) is 0.538. The number of hydrogen-bond acceptors (Lipinski definition) is 2. The molecule has 2 rings (SSSR count). The highest BCUT2D eigenvalue weighted by Crippen LogP contribution is 2.39. The molecule has 18 heavy (non-hydrogen) atoms. The zero-order valence-electron chi connectivity index (χ0n) is 10.2. The molecule has 0 amide bonds. The second-order valence-corrected chi connectivity index (χ2v) is 5.09. The lowest BCUT2D eigenvalue weighted by atomic mass is 9.89. The van der Waals surface area contributed by atoms with Crippen LogP contribution in [0.1, 0.15) is 12.5 Å². The molecule has 2 N–H and O–H groups in total. The van der Waals surface area contributed by atoms with E-state index in [2.05, 4.69) is 0 Å². The Morgan fingerprint density at radius 2 is 1.94 bits per heavy atom. The van der Waals surface area contributed by atoms with Crippen molar-refractivity contribution in [3.63, 3.8) is 0 Å². The standard InChI is InChI=1S/C13H17F3N2/c1-10-7-18(8-11-5-3-2-4-6-11)9-12(10,17)13(14,15)16/h2-6,10H,7-9,17H2,1H3/t10-,12-/m1/s1. The van der Waals surface area contributed by atoms with Crippen molar-refractivity contribution in [2.45, 2.75) is 25.2 Å². The van der Waals surface area contributed by atoms with Gasteiger partial charge in [-0.1, -0.05) is 37.3 Å². The molecule has 0 aliphatic carbocycles. The number of likely N-dealkylation sites (tertiary alicyclic amines) is 1. The van der Waals surface area contributed by atoms with Gasteiger partial charge in [-0.25, -0.2) is 0 Å². The Morgan fingerprint density at radius 1 is 1.33 bits per heavy atom. The first-order chi connectivity index (χ1) is 8.33. The first-order valence-electron chi connectivity index (χ1n) is 5.95. The van der Waals surface area contributed by atoms with Crippen molar-refractivity contribution in [3.05, 3.63) is 35.9 Å². The van der Waals surface area contributed by atoms with Gasteiger partial charge in [0.25, 0.3) is 0 Å². The van der Waals surface area contributed by atoms with Crippen LogP contribution in [0.15, 0.2) is 30.3 Å². The average Bonchev–Trinajstić information content (AvgIpc) is 2.56. The maximum Gasteiger partial charge on any atom is 0.407 e. The summed E-state index contributed by atoms with van der Waals surface area (Å²) in [5.74, 6) is -0.582. The molecule has 1 aromatic carbocycles. The molecule has 1 fully saturated rings. The van der Waals surface area contributed by atoms with E-state index in [1.807, 2.05) is 30.3 Å². The van der Waals surface area contributed by atoms with Crippen LogP contribution in [0.5, 0.6) is 0 Å². The number of halogens is 3. The average molecular weight is 258 g/mol. The molecule has 1 aromatic rings. The molecule has 1 saturated heterocycles. The highest BCUT2D eigenvalue weighted by atomic mass is 19.4. The highest BCUT2D eigenvalue weighted by Gasteiger charge is 2.59. The maximum atomic E-state index is 13.0. The summed E-state index contributed by atoms with van der Waals surface area (Å²) in [6.45, 7) is 2.33. The van der Waals surface area contributed by atoms with Crippen molar-refractivity contribution < 1.29 is 13.2 Å². The highest BCUT2D eigenvalue weighted by molar-refractivity contribution is 5.15. The Hall–Kier alpha value is -1.07. The number of benzene rings is 1. The van der Waals surface area contributed by atoms with Crippen molar-refractivity contribution in [2.75, 3.05) is 13.1 Å². The van der Waals surface area contributed by atoms with Crippen LogP contribution in [0.2, 0.25) is 0 Å². The van der Waals surface area contributed by atoms with E-state index in [0.717, 1.165) is 5.56 Å². The third-order valence-corrected chi connectivity index (χ3v) is 3.67. The van der Waals surface area contributed by atoms with E-state index >= 15 is 0 Å². The van der Waals surface area contributed by atoms with Crippen molar-refractivity contribution >= 4 is 0 Å². The van der Waals surface area contributed by atoms with E-state index in [-0.39, 0.29) is 6.54 Å². The quantitative estimate of drug-likeness (QED) is 0.882. The maximum absolute atomic E-state index is 13.0. The van der Waals surface area contributed by atoms with Crippen molar-refractivity contribution in [3.8, 4) is 0 Å². The Morgan fingerprint density at radius 3 is 2.44 bits per heavy atom. The van der Waals surface area contributed by atoms with E-state index in [9.17, 15) is 13.2 Å². The van der Waals surface area contributed by atoms with Crippen molar-refractivity contribution in [1.29, 1.82) is 0 Å². The molecule has 0 aromatic heterocycles. The van der Waals surface area contributed by atoms with Crippen LogP contribution in [-0.2, 0) is 6.54 Å². The van der Waals surface area contributed by atoms with Crippen LogP contribution in [0.25, 0.3) is 0 Å². The van der Waals surface area contributed by atoms with Crippen LogP contribution < -0.4 is 5.73 Å². The summed E-state index contributed by atoms with van der Waals surface area (Å²) in [4.78, 5) is 1.77. The summed E-state index contributed by atoms with van der Waals surface area (Å²) < 4.78 is 38.9. The molecule has 1 heterocycles. The summed E-state index contributed by atoms with van der Waals surface area (Å²) in [6.07, 6.45) is -4.35. The van der Waals surface area contributed by atoms with Crippen LogP contribution in [0.3, 0.4) is 0 Å². The van der Waals surface area contributed by atoms with Gasteiger partial charge in [-0.15, -0.1) is 0 Å². The smallest absolute Gasteiger partial charge is 0.316 e. The van der Waals surface area contributed by atoms with E-state index in [1.54, 1.807) is 11.8 Å². The number of alkyl halides is 3. The predicted octanol–water partition coefficient (Wildman–Crippen LogP) is 2.40. The Kier molecular flexibility index (Phi) is 3.38. The molecule has 5 heteroatoms. The zero-order valence-corrected chi connectivity index (χ0v) is 10.2. The fourth-order valence-electron chi connectivity index (χ4n) is 2.47. The van der Waals surface area contributed by atoms with Gasteiger partial charge in [0.15, 0.2) is 0 Å². The van der Waals surface area contributed by atoms with Gasteiger partial charge < -0.3 is 5.73 Å². The number of nitrogens with zero attached hydrogens (tertiary/aromatic N) is 1. The predicted molar refractivity (Wildman–Crippen MR) is 63.9 cm³/mol. The molecule has 1 aliphatic heterocycles. The van der Waals surface area contributed by atoms with Gasteiger partial charge in [0.05, 0.1) is 0 Å². The summed E-state index contributed by atoms with van der Waals surface area (Å²) in [5.41, 5.74) is 4.49. The lowest BCUT2D eigenvalue weighted by molar-refractivity contribution is -0.191. The fourth-order valence-corrected chi connectivity index (χ4v) is 2.47. The monoisotopic (exact) mass is 258 g/mol. The molecule has 0 unspecified atom stereocenters. The lowest BCUT2D eigenvalue weighted by Gasteiger charge is -2.30. The summed E-state index contributed by atoms with van der Waals surface area (Å²) in [5, 5.41) is 0. The Bertz CT molecular complexity index is 404. The minimum Gasteiger partial charge on any atom is -0.316 e. The van der Waals surface area contributed by atoms with Gasteiger partial charge in [-0.2, -0.15) is 13.2 Å². The van der Waals surface area contributed by atoms with Gasteiger partial charge in [-0.05, 0) is 11.5 Å².